The number of nitrogens with zero attached hydrogens (tertiary/aromatic N) is 3. The van der Waals surface area contributed by atoms with Crippen molar-refractivity contribution in [2.75, 3.05) is 32.1 Å². The molecule has 0 spiro atoms. The molecule has 0 saturated carbocycles. The van der Waals surface area contributed by atoms with Crippen LogP contribution in [0.5, 0.6) is 5.75 Å². The zero-order valence-electron chi connectivity index (χ0n) is 21.0. The van der Waals surface area contributed by atoms with E-state index in [1.165, 1.54) is 0 Å². The molecule has 2 aromatic carbocycles. The molecule has 0 fully saturated rings. The van der Waals surface area contributed by atoms with E-state index in [9.17, 15) is 9.59 Å². The summed E-state index contributed by atoms with van der Waals surface area (Å²) in [4.78, 5) is 27.4. The van der Waals surface area contributed by atoms with E-state index in [-0.39, 0.29) is 18.5 Å². The highest BCUT2D eigenvalue weighted by Gasteiger charge is 2.22. The molecule has 3 rings (SSSR count). The number of ether oxygens (including phenoxy) is 1. The van der Waals surface area contributed by atoms with Crippen molar-refractivity contribution >= 4 is 17.8 Å². The molecule has 0 radical (unpaired) electrons. The van der Waals surface area contributed by atoms with Gasteiger partial charge < -0.3 is 20.3 Å². The van der Waals surface area contributed by atoms with Gasteiger partial charge in [0.05, 0.1) is 18.5 Å². The van der Waals surface area contributed by atoms with E-state index in [1.807, 2.05) is 68.4 Å². The minimum atomic E-state index is -0.282. The lowest BCUT2D eigenvalue weighted by Crippen LogP contribution is -2.44. The standard InChI is InChI=1S/C27H35N5O3/c1-5-7-17-28-27(34)31(18-6-2)19-24(33)29-26-25(21-11-9-8-10-12-21)20(3)30-32(26)22-13-15-23(35-4)16-14-22/h8-16H,5-7,17-19H2,1-4H3,(H,28,34)(H,29,33). The minimum Gasteiger partial charge on any atom is -0.497 e. The molecule has 0 atom stereocenters. The number of urea groups is 1. The van der Waals surface area contributed by atoms with Gasteiger partial charge in [-0.25, -0.2) is 9.48 Å². The number of carbonyl (C=O) groups excluding carboxylic acids is 2. The quantitative estimate of drug-likeness (QED) is 0.380. The molecule has 1 heterocycles. The number of hydrogen-bond acceptors (Lipinski definition) is 4. The van der Waals surface area contributed by atoms with Gasteiger partial charge in [-0.15, -0.1) is 0 Å². The number of aromatic nitrogens is 2. The average Bonchev–Trinajstić information content (AvgIpc) is 3.19. The first kappa shape index (κ1) is 25.8. The van der Waals surface area contributed by atoms with Crippen LogP contribution in [0.2, 0.25) is 0 Å². The summed E-state index contributed by atoms with van der Waals surface area (Å²) in [6.45, 7) is 7.02. The van der Waals surface area contributed by atoms with Crippen molar-refractivity contribution in [3.05, 3.63) is 60.3 Å². The lowest BCUT2D eigenvalue weighted by Gasteiger charge is -2.22. The fourth-order valence-corrected chi connectivity index (χ4v) is 3.85. The van der Waals surface area contributed by atoms with Crippen molar-refractivity contribution in [3.8, 4) is 22.6 Å². The summed E-state index contributed by atoms with van der Waals surface area (Å²) in [6, 6.07) is 17.1. The second-order valence-corrected chi connectivity index (χ2v) is 8.34. The average molecular weight is 478 g/mol. The number of benzene rings is 2. The number of methoxy groups -OCH3 is 1. The minimum absolute atomic E-state index is 0.0487. The van der Waals surface area contributed by atoms with Crippen LogP contribution in [0.3, 0.4) is 0 Å². The molecule has 8 nitrogen and oxygen atoms in total. The van der Waals surface area contributed by atoms with Crippen LogP contribution in [-0.4, -0.2) is 53.4 Å². The highest BCUT2D eigenvalue weighted by molar-refractivity contribution is 5.97. The number of unbranched alkanes of at least 4 members (excludes halogenated alkanes) is 1. The van der Waals surface area contributed by atoms with Crippen LogP contribution in [0.25, 0.3) is 16.8 Å². The van der Waals surface area contributed by atoms with Gasteiger partial charge in [0.2, 0.25) is 5.91 Å². The van der Waals surface area contributed by atoms with Gasteiger partial charge in [0.15, 0.2) is 0 Å². The van der Waals surface area contributed by atoms with Gasteiger partial charge in [0, 0.05) is 18.7 Å². The van der Waals surface area contributed by atoms with Crippen LogP contribution >= 0.6 is 0 Å². The van der Waals surface area contributed by atoms with Crippen LogP contribution in [-0.2, 0) is 4.79 Å². The zero-order valence-corrected chi connectivity index (χ0v) is 21.0. The van der Waals surface area contributed by atoms with E-state index in [4.69, 9.17) is 9.84 Å². The monoisotopic (exact) mass is 477 g/mol. The molecule has 35 heavy (non-hydrogen) atoms. The van der Waals surface area contributed by atoms with Gasteiger partial charge in [-0.05, 0) is 49.6 Å². The van der Waals surface area contributed by atoms with E-state index < -0.39 is 0 Å². The highest BCUT2D eigenvalue weighted by Crippen LogP contribution is 2.33. The molecule has 3 amide bonds. The van der Waals surface area contributed by atoms with Crippen LogP contribution < -0.4 is 15.4 Å². The predicted molar refractivity (Wildman–Crippen MR) is 139 cm³/mol. The van der Waals surface area contributed by atoms with Gasteiger partial charge in [-0.1, -0.05) is 50.6 Å². The molecular formula is C27H35N5O3. The number of amides is 3. The molecule has 0 saturated heterocycles. The van der Waals surface area contributed by atoms with Gasteiger partial charge in [-0.3, -0.25) is 4.79 Å². The Morgan fingerprint density at radius 1 is 1.03 bits per heavy atom. The topological polar surface area (TPSA) is 88.5 Å². The van der Waals surface area contributed by atoms with Crippen LogP contribution in [0.1, 0.15) is 38.8 Å². The summed E-state index contributed by atoms with van der Waals surface area (Å²) >= 11 is 0. The van der Waals surface area contributed by atoms with Crippen molar-refractivity contribution < 1.29 is 14.3 Å². The maximum atomic E-state index is 13.2. The maximum absolute atomic E-state index is 13.2. The molecule has 0 aliphatic heterocycles. The Hall–Kier alpha value is -3.81. The molecule has 0 unspecified atom stereocenters. The lowest BCUT2D eigenvalue weighted by atomic mass is 10.1. The van der Waals surface area contributed by atoms with E-state index in [0.717, 1.165) is 47.5 Å². The molecule has 0 bridgehead atoms. The third-order valence-electron chi connectivity index (χ3n) is 5.62. The van der Waals surface area contributed by atoms with Crippen LogP contribution in [0, 0.1) is 6.92 Å². The number of carbonyl (C=O) groups is 2. The summed E-state index contributed by atoms with van der Waals surface area (Å²) in [5.74, 6) is 1.01. The van der Waals surface area contributed by atoms with Crippen molar-refractivity contribution in [3.63, 3.8) is 0 Å². The molecule has 8 heteroatoms. The maximum Gasteiger partial charge on any atom is 0.317 e. The first-order chi connectivity index (χ1) is 17.0. The van der Waals surface area contributed by atoms with Gasteiger partial charge in [0.25, 0.3) is 0 Å². The molecule has 3 aromatic rings. The summed E-state index contributed by atoms with van der Waals surface area (Å²) in [7, 11) is 1.62. The summed E-state index contributed by atoms with van der Waals surface area (Å²) in [6.07, 6.45) is 2.65. The number of nitrogens with one attached hydrogen (secondary N) is 2. The zero-order chi connectivity index (χ0) is 25.2. The normalized spacial score (nSPS) is 10.6. The number of aryl methyl sites for hydroxylation is 1. The molecule has 0 aliphatic rings. The van der Waals surface area contributed by atoms with Crippen molar-refractivity contribution in [1.29, 1.82) is 0 Å². The number of hydrogen-bond donors (Lipinski definition) is 2. The Morgan fingerprint density at radius 3 is 2.37 bits per heavy atom. The lowest BCUT2D eigenvalue weighted by molar-refractivity contribution is -0.116. The predicted octanol–water partition coefficient (Wildman–Crippen LogP) is 5.02. The Labute approximate surface area is 207 Å². The van der Waals surface area contributed by atoms with Crippen molar-refractivity contribution in [2.24, 2.45) is 0 Å². The fraction of sp³-hybridized carbons (Fsp3) is 0.370. The molecule has 2 N–H and O–H groups in total. The number of rotatable bonds is 11. The van der Waals surface area contributed by atoms with Crippen molar-refractivity contribution in [1.82, 2.24) is 20.0 Å². The van der Waals surface area contributed by atoms with E-state index in [1.54, 1.807) is 16.7 Å². The Balaban J connectivity index is 1.92. The summed E-state index contributed by atoms with van der Waals surface area (Å²) in [5, 5.41) is 10.7. The summed E-state index contributed by atoms with van der Waals surface area (Å²) in [5.41, 5.74) is 3.35. The molecular weight excluding hydrogens is 442 g/mol. The Bertz CT molecular complexity index is 1110. The fourth-order valence-electron chi connectivity index (χ4n) is 3.85. The third-order valence-corrected chi connectivity index (χ3v) is 5.62. The SMILES string of the molecule is CCCCNC(=O)N(CCC)CC(=O)Nc1c(-c2ccccc2)c(C)nn1-c1ccc(OC)cc1. The van der Waals surface area contributed by atoms with Gasteiger partial charge in [-0.2, -0.15) is 5.10 Å². The van der Waals surface area contributed by atoms with Crippen molar-refractivity contribution in [2.45, 2.75) is 40.0 Å². The molecule has 0 aliphatic carbocycles. The van der Waals surface area contributed by atoms with E-state index >= 15 is 0 Å². The molecule has 1 aromatic heterocycles. The van der Waals surface area contributed by atoms with Gasteiger partial charge in [0.1, 0.15) is 18.1 Å². The Morgan fingerprint density at radius 2 is 1.74 bits per heavy atom. The van der Waals surface area contributed by atoms with Crippen LogP contribution in [0.15, 0.2) is 54.6 Å². The van der Waals surface area contributed by atoms with Crippen LogP contribution in [0.4, 0.5) is 10.6 Å². The third kappa shape index (κ3) is 6.62. The smallest absolute Gasteiger partial charge is 0.317 e. The first-order valence-electron chi connectivity index (χ1n) is 12.1. The highest BCUT2D eigenvalue weighted by atomic mass is 16.5. The number of anilines is 1. The second kappa shape index (κ2) is 12.6. The second-order valence-electron chi connectivity index (χ2n) is 8.34. The Kier molecular flexibility index (Phi) is 9.29. The first-order valence-corrected chi connectivity index (χ1v) is 12.1. The van der Waals surface area contributed by atoms with Gasteiger partial charge >= 0.3 is 6.03 Å². The van der Waals surface area contributed by atoms with E-state index in [0.29, 0.717) is 18.9 Å². The van der Waals surface area contributed by atoms with E-state index in [2.05, 4.69) is 17.6 Å². The summed E-state index contributed by atoms with van der Waals surface area (Å²) < 4.78 is 7.00. The molecule has 186 valence electrons. The largest absolute Gasteiger partial charge is 0.497 e.